The largest absolute Gasteiger partial charge is 0.494 e. The normalized spacial score (nSPS) is 18.4. The van der Waals surface area contributed by atoms with E-state index in [0.717, 1.165) is 11.1 Å². The number of carbonyl (C=O) groups is 1. The summed E-state index contributed by atoms with van der Waals surface area (Å²) >= 11 is 0. The smallest absolute Gasteiger partial charge is 0.243 e. The summed E-state index contributed by atoms with van der Waals surface area (Å²) in [5.41, 5.74) is 1.54. The zero-order valence-corrected chi connectivity index (χ0v) is 18.9. The Balaban J connectivity index is 1.69. The summed E-state index contributed by atoms with van der Waals surface area (Å²) in [4.78, 5) is 13.0. The quantitative estimate of drug-likeness (QED) is 0.699. The van der Waals surface area contributed by atoms with Gasteiger partial charge in [-0.25, -0.2) is 12.8 Å². The first-order valence-electron chi connectivity index (χ1n) is 10.5. The Morgan fingerprint density at radius 3 is 2.61 bits per heavy atom. The van der Waals surface area contributed by atoms with Crippen LogP contribution in [0.4, 0.5) is 4.39 Å². The number of carbonyl (C=O) groups excluding carboxylic acids is 1. The van der Waals surface area contributed by atoms with Crippen LogP contribution in [0.5, 0.6) is 5.75 Å². The molecular formula is C23H29FN2O4S. The number of hydrogen-bond donors (Lipinski definition) is 1. The lowest BCUT2D eigenvalue weighted by Gasteiger charge is -2.32. The predicted octanol–water partition coefficient (Wildman–Crippen LogP) is 3.81. The molecular weight excluding hydrogens is 419 g/mol. The van der Waals surface area contributed by atoms with Crippen molar-refractivity contribution in [3.05, 3.63) is 59.4 Å². The Hall–Kier alpha value is -2.45. The molecule has 0 saturated carbocycles. The third-order valence-electron chi connectivity index (χ3n) is 5.57. The topological polar surface area (TPSA) is 75.7 Å². The van der Waals surface area contributed by atoms with E-state index < -0.39 is 15.9 Å². The first kappa shape index (κ1) is 23.2. The van der Waals surface area contributed by atoms with Crippen LogP contribution < -0.4 is 10.1 Å². The average Bonchev–Trinajstić information content (AvgIpc) is 2.75. The summed E-state index contributed by atoms with van der Waals surface area (Å²) < 4.78 is 46.4. The molecule has 0 spiro atoms. The molecule has 0 unspecified atom stereocenters. The van der Waals surface area contributed by atoms with Crippen LogP contribution in [0.25, 0.3) is 0 Å². The van der Waals surface area contributed by atoms with Gasteiger partial charge in [0.25, 0.3) is 0 Å². The number of ether oxygens (including phenoxy) is 1. The summed E-state index contributed by atoms with van der Waals surface area (Å²) in [5, 5.41) is 2.93. The van der Waals surface area contributed by atoms with E-state index in [2.05, 4.69) is 5.32 Å². The van der Waals surface area contributed by atoms with Crippen LogP contribution in [0.3, 0.4) is 0 Å². The fourth-order valence-corrected chi connectivity index (χ4v) is 5.40. The minimum Gasteiger partial charge on any atom is -0.494 e. The van der Waals surface area contributed by atoms with E-state index in [-0.39, 0.29) is 29.2 Å². The van der Waals surface area contributed by atoms with Crippen LogP contribution in [-0.2, 0) is 14.8 Å². The van der Waals surface area contributed by atoms with Gasteiger partial charge in [0.15, 0.2) is 0 Å². The molecule has 1 amide bonds. The fraction of sp³-hybridized carbons (Fsp3) is 0.435. The average molecular weight is 449 g/mol. The maximum Gasteiger partial charge on any atom is 0.243 e. The number of aryl methyl sites for hydroxylation is 1. The first-order chi connectivity index (χ1) is 14.7. The summed E-state index contributed by atoms with van der Waals surface area (Å²) in [5.74, 6) is -0.304. The zero-order chi connectivity index (χ0) is 22.6. The van der Waals surface area contributed by atoms with E-state index in [1.807, 2.05) is 20.8 Å². The van der Waals surface area contributed by atoms with Crippen LogP contribution in [0.15, 0.2) is 47.4 Å². The highest BCUT2D eigenvalue weighted by Gasteiger charge is 2.34. The van der Waals surface area contributed by atoms with Gasteiger partial charge in [-0.2, -0.15) is 4.31 Å². The molecule has 8 heteroatoms. The van der Waals surface area contributed by atoms with Crippen molar-refractivity contribution in [3.8, 4) is 5.75 Å². The van der Waals surface area contributed by atoms with Crippen molar-refractivity contribution in [1.82, 2.24) is 9.62 Å². The first-order valence-corrected chi connectivity index (χ1v) is 12.0. The molecule has 1 heterocycles. The van der Waals surface area contributed by atoms with Crippen molar-refractivity contribution in [2.45, 2.75) is 44.6 Å². The Bertz CT molecular complexity index is 1020. The van der Waals surface area contributed by atoms with Gasteiger partial charge in [0.1, 0.15) is 11.6 Å². The van der Waals surface area contributed by atoms with E-state index >= 15 is 0 Å². The number of halogens is 1. The number of hydrogen-bond acceptors (Lipinski definition) is 4. The second-order valence-electron chi connectivity index (χ2n) is 7.84. The molecule has 3 rings (SSSR count). The molecule has 0 aromatic heterocycles. The lowest BCUT2D eigenvalue weighted by Crippen LogP contribution is -2.45. The lowest BCUT2D eigenvalue weighted by molar-refractivity contribution is -0.126. The van der Waals surface area contributed by atoms with Crippen LogP contribution in [-0.4, -0.2) is 38.3 Å². The second kappa shape index (κ2) is 9.78. The SMILES string of the molecule is CCOc1ccc(S(=O)(=O)N2CCC[C@@H](C(=O)N[C@H](C)c3ccc(F)cc3)C2)cc1C. The fourth-order valence-electron chi connectivity index (χ4n) is 3.79. The number of nitrogens with one attached hydrogen (secondary N) is 1. The van der Waals surface area contributed by atoms with Crippen LogP contribution >= 0.6 is 0 Å². The van der Waals surface area contributed by atoms with Gasteiger partial charge in [0, 0.05) is 13.1 Å². The Labute approximate surface area is 183 Å². The van der Waals surface area contributed by atoms with E-state index in [1.54, 1.807) is 30.3 Å². The second-order valence-corrected chi connectivity index (χ2v) is 9.78. The van der Waals surface area contributed by atoms with Crippen molar-refractivity contribution in [2.24, 2.45) is 5.92 Å². The van der Waals surface area contributed by atoms with Gasteiger partial charge in [-0.3, -0.25) is 4.79 Å². The number of piperidine rings is 1. The molecule has 6 nitrogen and oxygen atoms in total. The van der Waals surface area contributed by atoms with Gasteiger partial charge >= 0.3 is 0 Å². The maximum absolute atomic E-state index is 13.2. The molecule has 0 bridgehead atoms. The summed E-state index contributed by atoms with van der Waals surface area (Å²) in [6.07, 6.45) is 1.23. The molecule has 2 aromatic carbocycles. The highest BCUT2D eigenvalue weighted by atomic mass is 32.2. The minimum atomic E-state index is -3.71. The maximum atomic E-state index is 13.2. The van der Waals surface area contributed by atoms with Crippen molar-refractivity contribution in [2.75, 3.05) is 19.7 Å². The Kier molecular flexibility index (Phi) is 7.33. The summed E-state index contributed by atoms with van der Waals surface area (Å²) in [6.45, 7) is 6.53. The molecule has 1 aliphatic rings. The molecule has 0 radical (unpaired) electrons. The molecule has 2 aromatic rings. The van der Waals surface area contributed by atoms with E-state index in [0.29, 0.717) is 31.7 Å². The van der Waals surface area contributed by atoms with E-state index in [9.17, 15) is 17.6 Å². The van der Waals surface area contributed by atoms with Gasteiger partial charge in [0.2, 0.25) is 15.9 Å². The molecule has 1 aliphatic heterocycles. The minimum absolute atomic E-state index is 0.135. The third kappa shape index (κ3) is 5.43. The van der Waals surface area contributed by atoms with Crippen LogP contribution in [0.2, 0.25) is 0 Å². The van der Waals surface area contributed by atoms with Crippen molar-refractivity contribution >= 4 is 15.9 Å². The molecule has 2 atom stereocenters. The highest BCUT2D eigenvalue weighted by molar-refractivity contribution is 7.89. The molecule has 168 valence electrons. The number of sulfonamides is 1. The predicted molar refractivity (Wildman–Crippen MR) is 117 cm³/mol. The Morgan fingerprint density at radius 1 is 1.26 bits per heavy atom. The molecule has 0 aliphatic carbocycles. The number of nitrogens with zero attached hydrogens (tertiary/aromatic N) is 1. The number of rotatable bonds is 7. The number of amides is 1. The van der Waals surface area contributed by atoms with Crippen LogP contribution in [0, 0.1) is 18.7 Å². The Morgan fingerprint density at radius 2 is 1.97 bits per heavy atom. The van der Waals surface area contributed by atoms with Crippen molar-refractivity contribution < 1.29 is 22.3 Å². The van der Waals surface area contributed by atoms with Gasteiger partial charge < -0.3 is 10.1 Å². The van der Waals surface area contributed by atoms with Gasteiger partial charge in [-0.1, -0.05) is 12.1 Å². The van der Waals surface area contributed by atoms with Gasteiger partial charge in [0.05, 0.1) is 23.5 Å². The standard InChI is InChI=1S/C23H29FN2O4S/c1-4-30-22-12-11-21(14-16(22)2)31(28,29)26-13-5-6-19(15-26)23(27)25-17(3)18-7-9-20(24)10-8-18/h7-12,14,17,19H,4-6,13,15H2,1-3H3,(H,25,27)/t17-,19-/m1/s1. The zero-order valence-electron chi connectivity index (χ0n) is 18.1. The van der Waals surface area contributed by atoms with Crippen molar-refractivity contribution in [1.29, 1.82) is 0 Å². The summed E-state index contributed by atoms with van der Waals surface area (Å²) in [7, 11) is -3.71. The summed E-state index contributed by atoms with van der Waals surface area (Å²) in [6, 6.07) is 10.5. The number of benzene rings is 2. The molecule has 1 N–H and O–H groups in total. The molecule has 31 heavy (non-hydrogen) atoms. The third-order valence-corrected chi connectivity index (χ3v) is 7.43. The van der Waals surface area contributed by atoms with Gasteiger partial charge in [-0.05, 0) is 75.1 Å². The van der Waals surface area contributed by atoms with E-state index in [1.165, 1.54) is 16.4 Å². The highest BCUT2D eigenvalue weighted by Crippen LogP contribution is 2.28. The molecule has 1 fully saturated rings. The van der Waals surface area contributed by atoms with Crippen LogP contribution in [0.1, 0.15) is 43.9 Å². The van der Waals surface area contributed by atoms with Crippen molar-refractivity contribution in [3.63, 3.8) is 0 Å². The molecule has 1 saturated heterocycles. The van der Waals surface area contributed by atoms with E-state index in [4.69, 9.17) is 4.74 Å². The monoisotopic (exact) mass is 448 g/mol. The van der Waals surface area contributed by atoms with Gasteiger partial charge in [-0.15, -0.1) is 0 Å². The lowest BCUT2D eigenvalue weighted by atomic mass is 9.98.